The Balaban J connectivity index is 3.93. The largest absolute Gasteiger partial charge is 0.479 e. The van der Waals surface area contributed by atoms with Crippen molar-refractivity contribution in [1.82, 2.24) is 10.6 Å². The molecular formula is C7H13N3O5. The van der Waals surface area contributed by atoms with Gasteiger partial charge in [-0.1, -0.05) is 0 Å². The maximum atomic E-state index is 11.1. The van der Waals surface area contributed by atoms with Crippen LogP contribution in [0.25, 0.3) is 0 Å². The van der Waals surface area contributed by atoms with Crippen molar-refractivity contribution in [3.8, 4) is 0 Å². The van der Waals surface area contributed by atoms with Crippen molar-refractivity contribution >= 4 is 17.9 Å². The Labute approximate surface area is 85.4 Å². The van der Waals surface area contributed by atoms with Crippen LogP contribution in [0.3, 0.4) is 0 Å². The van der Waals surface area contributed by atoms with Crippen molar-refractivity contribution in [1.29, 1.82) is 0 Å². The molecule has 8 nitrogen and oxygen atoms in total. The predicted molar refractivity (Wildman–Crippen MR) is 48.8 cm³/mol. The van der Waals surface area contributed by atoms with Crippen molar-refractivity contribution in [3.05, 3.63) is 0 Å². The maximum absolute atomic E-state index is 11.1. The summed E-state index contributed by atoms with van der Waals surface area (Å²) in [7, 11) is 0. The summed E-state index contributed by atoms with van der Waals surface area (Å²) in [6.07, 6.45) is -1.67. The molecule has 0 spiro atoms. The number of hydrogen-bond acceptors (Lipinski definition) is 4. The first kappa shape index (κ1) is 13.2. The predicted octanol–water partition coefficient (Wildman–Crippen LogP) is -2.40. The number of amides is 3. The number of primary amides is 1. The second-order valence-electron chi connectivity index (χ2n) is 2.83. The van der Waals surface area contributed by atoms with Crippen LogP contribution in [-0.4, -0.2) is 46.8 Å². The Bertz CT molecular complexity index is 267. The van der Waals surface area contributed by atoms with Crippen LogP contribution in [0, 0.1) is 0 Å². The number of rotatable bonds is 5. The highest BCUT2D eigenvalue weighted by Crippen LogP contribution is 1.84. The number of carboxylic acid groups (broad SMARTS) is 1. The number of aliphatic hydroxyl groups is 1. The number of carboxylic acids is 1. The number of carbonyl (C=O) groups is 3. The molecule has 0 bridgehead atoms. The monoisotopic (exact) mass is 219 g/mol. The molecule has 8 heteroatoms. The zero-order chi connectivity index (χ0) is 12.0. The van der Waals surface area contributed by atoms with Gasteiger partial charge in [0.1, 0.15) is 6.04 Å². The Morgan fingerprint density at radius 1 is 1.40 bits per heavy atom. The van der Waals surface area contributed by atoms with Crippen LogP contribution in [0.15, 0.2) is 0 Å². The lowest BCUT2D eigenvalue weighted by molar-refractivity contribution is -0.146. The summed E-state index contributed by atoms with van der Waals surface area (Å²) in [5.74, 6) is -2.07. The summed E-state index contributed by atoms with van der Waals surface area (Å²) in [6, 6.07) is -1.75. The Morgan fingerprint density at radius 3 is 2.33 bits per heavy atom. The highest BCUT2D eigenvalue weighted by Gasteiger charge is 2.17. The third-order valence-electron chi connectivity index (χ3n) is 1.51. The number of carbonyl (C=O) groups excluding carboxylic acids is 2. The van der Waals surface area contributed by atoms with Crippen molar-refractivity contribution in [2.45, 2.75) is 19.1 Å². The molecule has 0 aromatic rings. The number of aliphatic hydroxyl groups excluding tert-OH is 1. The molecule has 0 rings (SSSR count). The molecule has 3 amide bonds. The minimum atomic E-state index is -1.67. The van der Waals surface area contributed by atoms with E-state index in [1.165, 1.54) is 6.92 Å². The third kappa shape index (κ3) is 5.47. The molecule has 0 aromatic carbocycles. The lowest BCUT2D eigenvalue weighted by Gasteiger charge is -2.13. The van der Waals surface area contributed by atoms with Gasteiger partial charge >= 0.3 is 12.0 Å². The van der Waals surface area contributed by atoms with E-state index < -0.39 is 36.6 Å². The van der Waals surface area contributed by atoms with Gasteiger partial charge < -0.3 is 26.6 Å². The van der Waals surface area contributed by atoms with Gasteiger partial charge in [0.15, 0.2) is 6.10 Å². The summed E-state index contributed by atoms with van der Waals surface area (Å²) in [5.41, 5.74) is 4.76. The molecule has 0 radical (unpaired) electrons. The van der Waals surface area contributed by atoms with Gasteiger partial charge in [-0.3, -0.25) is 4.79 Å². The van der Waals surface area contributed by atoms with Crippen molar-refractivity contribution in [2.24, 2.45) is 5.73 Å². The van der Waals surface area contributed by atoms with E-state index in [9.17, 15) is 14.4 Å². The molecule has 0 heterocycles. The smallest absolute Gasteiger partial charge is 0.334 e. The fourth-order valence-corrected chi connectivity index (χ4v) is 0.717. The second-order valence-corrected chi connectivity index (χ2v) is 2.83. The maximum Gasteiger partial charge on any atom is 0.334 e. The van der Waals surface area contributed by atoms with Gasteiger partial charge in [0, 0.05) is 0 Å². The second kappa shape index (κ2) is 5.81. The first-order valence-corrected chi connectivity index (χ1v) is 4.09. The van der Waals surface area contributed by atoms with E-state index in [1.807, 2.05) is 0 Å². The van der Waals surface area contributed by atoms with Crippen LogP contribution in [0.4, 0.5) is 4.79 Å². The van der Waals surface area contributed by atoms with Crippen LogP contribution in [-0.2, 0) is 9.59 Å². The molecule has 0 aromatic heterocycles. The van der Waals surface area contributed by atoms with Crippen molar-refractivity contribution in [2.75, 3.05) is 6.54 Å². The van der Waals surface area contributed by atoms with E-state index >= 15 is 0 Å². The quantitative estimate of drug-likeness (QED) is 0.350. The third-order valence-corrected chi connectivity index (χ3v) is 1.51. The molecule has 0 aliphatic carbocycles. The van der Waals surface area contributed by atoms with Crippen molar-refractivity contribution < 1.29 is 24.6 Å². The van der Waals surface area contributed by atoms with Crippen LogP contribution in [0.5, 0.6) is 0 Å². The number of urea groups is 1. The Kier molecular flexibility index (Phi) is 5.10. The Morgan fingerprint density at radius 2 is 1.93 bits per heavy atom. The fraction of sp³-hybridized carbons (Fsp3) is 0.571. The van der Waals surface area contributed by atoms with E-state index in [0.717, 1.165) is 0 Å². The highest BCUT2D eigenvalue weighted by molar-refractivity contribution is 5.86. The number of hydrogen-bond donors (Lipinski definition) is 5. The van der Waals surface area contributed by atoms with Gasteiger partial charge in [-0.2, -0.15) is 0 Å². The molecule has 2 atom stereocenters. The van der Waals surface area contributed by atoms with Crippen LogP contribution in [0.1, 0.15) is 6.92 Å². The normalized spacial score (nSPS) is 13.7. The molecule has 0 saturated heterocycles. The lowest BCUT2D eigenvalue weighted by atomic mass is 10.3. The molecule has 6 N–H and O–H groups in total. The standard InChI is InChI=1S/C7H13N3O5/c1-3(10-7(8)15)5(12)9-2-4(11)6(13)14/h3-4,11H,2H2,1H3,(H,9,12)(H,13,14)(H3,8,10,15)/t3?,4-/m0/s1. The van der Waals surface area contributed by atoms with Gasteiger partial charge in [0.25, 0.3) is 0 Å². The highest BCUT2D eigenvalue weighted by atomic mass is 16.4. The molecule has 0 saturated carbocycles. The van der Waals surface area contributed by atoms with E-state index in [-0.39, 0.29) is 0 Å². The SMILES string of the molecule is CC(NC(N)=O)C(=O)NC[C@H](O)C(=O)O. The first-order chi connectivity index (χ1) is 6.84. The van der Waals surface area contributed by atoms with E-state index in [0.29, 0.717) is 0 Å². The fourth-order valence-electron chi connectivity index (χ4n) is 0.717. The molecule has 15 heavy (non-hydrogen) atoms. The van der Waals surface area contributed by atoms with Gasteiger partial charge in [0.05, 0.1) is 6.54 Å². The zero-order valence-corrected chi connectivity index (χ0v) is 8.06. The molecule has 0 aliphatic heterocycles. The minimum Gasteiger partial charge on any atom is -0.479 e. The summed E-state index contributed by atoms with van der Waals surface area (Å²) >= 11 is 0. The average Bonchev–Trinajstić information content (AvgIpc) is 2.12. The number of aliphatic carboxylic acids is 1. The zero-order valence-electron chi connectivity index (χ0n) is 8.06. The van der Waals surface area contributed by atoms with Gasteiger partial charge in [-0.05, 0) is 6.92 Å². The minimum absolute atomic E-state index is 0.432. The molecule has 0 aliphatic rings. The molecule has 1 unspecified atom stereocenters. The Hall–Kier alpha value is -1.83. The number of nitrogens with one attached hydrogen (secondary N) is 2. The van der Waals surface area contributed by atoms with Crippen LogP contribution in [0.2, 0.25) is 0 Å². The van der Waals surface area contributed by atoms with Gasteiger partial charge in [0.2, 0.25) is 5.91 Å². The molecule has 86 valence electrons. The summed E-state index contributed by atoms with van der Waals surface area (Å²) in [6.45, 7) is 0.937. The lowest BCUT2D eigenvalue weighted by Crippen LogP contribution is -2.48. The van der Waals surface area contributed by atoms with E-state index in [1.54, 1.807) is 0 Å². The van der Waals surface area contributed by atoms with Crippen molar-refractivity contribution in [3.63, 3.8) is 0 Å². The van der Waals surface area contributed by atoms with E-state index in [2.05, 4.69) is 10.6 Å². The average molecular weight is 219 g/mol. The summed E-state index contributed by atoms with van der Waals surface area (Å²) in [5, 5.41) is 21.3. The van der Waals surface area contributed by atoms with Gasteiger partial charge in [-0.25, -0.2) is 9.59 Å². The summed E-state index contributed by atoms with van der Waals surface area (Å²) in [4.78, 5) is 31.6. The van der Waals surface area contributed by atoms with Gasteiger partial charge in [-0.15, -0.1) is 0 Å². The number of nitrogens with two attached hydrogens (primary N) is 1. The molecular weight excluding hydrogens is 206 g/mol. The molecule has 0 fully saturated rings. The summed E-state index contributed by atoms with van der Waals surface area (Å²) < 4.78 is 0. The van der Waals surface area contributed by atoms with Crippen LogP contribution >= 0.6 is 0 Å². The van der Waals surface area contributed by atoms with E-state index in [4.69, 9.17) is 15.9 Å². The topological polar surface area (TPSA) is 142 Å². The van der Waals surface area contributed by atoms with Crippen LogP contribution < -0.4 is 16.4 Å². The first-order valence-electron chi connectivity index (χ1n) is 4.09.